The molecule has 2 aromatic carbocycles. The maximum Gasteiger partial charge on any atom is 0.226 e. The smallest absolute Gasteiger partial charge is 0.226 e. The third-order valence-electron chi connectivity index (χ3n) is 6.34. The van der Waals surface area contributed by atoms with Crippen LogP contribution in [0.5, 0.6) is 0 Å². The predicted molar refractivity (Wildman–Crippen MR) is 121 cm³/mol. The molecule has 0 bridgehead atoms. The first-order valence-electron chi connectivity index (χ1n) is 11.4. The Kier molecular flexibility index (Phi) is 6.71. The van der Waals surface area contributed by atoms with Gasteiger partial charge in [-0.2, -0.15) is 0 Å². The molecule has 0 aromatic heterocycles. The molecule has 2 fully saturated rings. The third-order valence-corrected chi connectivity index (χ3v) is 6.34. The van der Waals surface area contributed by atoms with E-state index in [1.807, 2.05) is 54.0 Å². The van der Waals surface area contributed by atoms with Gasteiger partial charge in [-0.3, -0.25) is 9.59 Å². The lowest BCUT2D eigenvalue weighted by atomic mass is 9.94. The first-order valence-corrected chi connectivity index (χ1v) is 11.4. The van der Waals surface area contributed by atoms with Crippen LogP contribution >= 0.6 is 0 Å². The Balaban J connectivity index is 1.28. The van der Waals surface area contributed by atoms with Crippen molar-refractivity contribution in [1.82, 2.24) is 9.80 Å². The molecule has 0 aliphatic carbocycles. The van der Waals surface area contributed by atoms with Crippen molar-refractivity contribution in [1.29, 1.82) is 0 Å². The topological polar surface area (TPSA) is 49.9 Å². The minimum atomic E-state index is 0.0201. The average Bonchev–Trinajstić information content (AvgIpc) is 2.79. The van der Waals surface area contributed by atoms with E-state index in [2.05, 4.69) is 24.3 Å². The highest BCUT2D eigenvalue weighted by Gasteiger charge is 2.33. The van der Waals surface area contributed by atoms with E-state index < -0.39 is 0 Å². The first kappa shape index (κ1) is 21.6. The summed E-state index contributed by atoms with van der Waals surface area (Å²) in [6.07, 6.45) is 2.08. The molecule has 31 heavy (non-hydrogen) atoms. The van der Waals surface area contributed by atoms with Crippen LogP contribution in [0.4, 0.5) is 0 Å². The summed E-state index contributed by atoms with van der Waals surface area (Å²) in [5, 5.41) is 0. The van der Waals surface area contributed by atoms with Crippen LogP contribution < -0.4 is 0 Å². The number of ether oxygens (including phenoxy) is 1. The van der Waals surface area contributed by atoms with E-state index in [1.54, 1.807) is 0 Å². The van der Waals surface area contributed by atoms with Gasteiger partial charge in [0, 0.05) is 32.1 Å². The van der Waals surface area contributed by atoms with Gasteiger partial charge < -0.3 is 14.5 Å². The van der Waals surface area contributed by atoms with Crippen molar-refractivity contribution < 1.29 is 14.3 Å². The van der Waals surface area contributed by atoms with E-state index in [4.69, 9.17) is 4.74 Å². The maximum absolute atomic E-state index is 12.9. The molecule has 0 saturated carbocycles. The highest BCUT2D eigenvalue weighted by molar-refractivity contribution is 5.81. The van der Waals surface area contributed by atoms with Crippen LogP contribution in [0, 0.1) is 5.92 Å². The van der Waals surface area contributed by atoms with Gasteiger partial charge >= 0.3 is 0 Å². The van der Waals surface area contributed by atoms with Gasteiger partial charge in [-0.05, 0) is 43.4 Å². The largest absolute Gasteiger partial charge is 0.372 e. The quantitative estimate of drug-likeness (QED) is 0.757. The van der Waals surface area contributed by atoms with E-state index in [1.165, 1.54) is 5.56 Å². The monoisotopic (exact) mass is 420 g/mol. The number of piperidine rings is 1. The average molecular weight is 421 g/mol. The fraction of sp³-hybridized carbons (Fsp3) is 0.462. The molecule has 164 valence electrons. The fourth-order valence-corrected chi connectivity index (χ4v) is 4.72. The van der Waals surface area contributed by atoms with Crippen LogP contribution in [-0.2, 0) is 20.7 Å². The zero-order valence-corrected chi connectivity index (χ0v) is 18.5. The molecule has 2 amide bonds. The van der Waals surface area contributed by atoms with Crippen LogP contribution in [-0.4, -0.2) is 60.0 Å². The molecule has 4 rings (SSSR count). The van der Waals surface area contributed by atoms with Crippen LogP contribution in [0.15, 0.2) is 54.6 Å². The molecule has 2 aromatic rings. The lowest BCUT2D eigenvalue weighted by molar-refractivity contribution is -0.150. The van der Waals surface area contributed by atoms with Gasteiger partial charge in [-0.15, -0.1) is 0 Å². The highest BCUT2D eigenvalue weighted by atomic mass is 16.5. The molecule has 2 aliphatic heterocycles. The van der Waals surface area contributed by atoms with E-state index in [9.17, 15) is 9.59 Å². The number of likely N-dealkylation sites (tertiary alicyclic amines) is 1. The van der Waals surface area contributed by atoms with Crippen molar-refractivity contribution in [2.24, 2.45) is 5.92 Å². The molecule has 2 saturated heterocycles. The maximum atomic E-state index is 12.9. The molecule has 2 atom stereocenters. The number of hydrogen-bond donors (Lipinski definition) is 0. The van der Waals surface area contributed by atoms with Gasteiger partial charge in [0.25, 0.3) is 0 Å². The number of rotatable bonds is 4. The van der Waals surface area contributed by atoms with Crippen molar-refractivity contribution in [3.63, 3.8) is 0 Å². The van der Waals surface area contributed by atoms with Gasteiger partial charge in [0.1, 0.15) is 0 Å². The number of morpholine rings is 1. The normalized spacial score (nSPS) is 22.4. The predicted octanol–water partition coefficient (Wildman–Crippen LogP) is 3.77. The van der Waals surface area contributed by atoms with Gasteiger partial charge in [0.15, 0.2) is 0 Å². The Bertz CT molecular complexity index is 879. The van der Waals surface area contributed by atoms with E-state index in [-0.39, 0.29) is 29.9 Å². The molecule has 0 radical (unpaired) electrons. The highest BCUT2D eigenvalue weighted by Crippen LogP contribution is 2.24. The summed E-state index contributed by atoms with van der Waals surface area (Å²) in [4.78, 5) is 29.6. The van der Waals surface area contributed by atoms with Gasteiger partial charge in [0.05, 0.1) is 18.6 Å². The van der Waals surface area contributed by atoms with Crippen molar-refractivity contribution >= 4 is 11.8 Å². The molecular weight excluding hydrogens is 388 g/mol. The number of nitrogens with zero attached hydrogens (tertiary/aromatic N) is 2. The first-order chi connectivity index (χ1) is 15.0. The molecule has 0 spiro atoms. The molecule has 5 nitrogen and oxygen atoms in total. The summed E-state index contributed by atoms with van der Waals surface area (Å²) in [5.41, 5.74) is 3.36. The SMILES string of the molecule is C[C@@H]1CN(C(=O)C2CCN(C(=O)Cc3ccc(-c4ccccc4)cc3)CC2)C[C@H](C)O1. The minimum absolute atomic E-state index is 0.0201. The number of hydrogen-bond acceptors (Lipinski definition) is 3. The zero-order chi connectivity index (χ0) is 21.8. The second kappa shape index (κ2) is 9.65. The second-order valence-electron chi connectivity index (χ2n) is 8.90. The summed E-state index contributed by atoms with van der Waals surface area (Å²) in [6.45, 7) is 6.69. The molecule has 5 heteroatoms. The molecular formula is C26H32N2O3. The Hall–Kier alpha value is -2.66. The van der Waals surface area contributed by atoms with Gasteiger partial charge in [0.2, 0.25) is 11.8 Å². The van der Waals surface area contributed by atoms with Crippen molar-refractivity contribution in [3.05, 3.63) is 60.2 Å². The molecule has 0 unspecified atom stereocenters. The number of carbonyl (C=O) groups excluding carboxylic acids is 2. The summed E-state index contributed by atoms with van der Waals surface area (Å²) in [7, 11) is 0. The minimum Gasteiger partial charge on any atom is -0.372 e. The fourth-order valence-electron chi connectivity index (χ4n) is 4.72. The van der Waals surface area contributed by atoms with Crippen LogP contribution in [0.2, 0.25) is 0 Å². The van der Waals surface area contributed by atoms with E-state index in [0.717, 1.165) is 24.0 Å². The lowest BCUT2D eigenvalue weighted by Crippen LogP contribution is -2.51. The molecule has 2 aliphatic rings. The summed E-state index contributed by atoms with van der Waals surface area (Å²) in [5.74, 6) is 0.393. The van der Waals surface area contributed by atoms with Crippen LogP contribution in [0.25, 0.3) is 11.1 Å². The number of amides is 2. The van der Waals surface area contributed by atoms with Crippen LogP contribution in [0.1, 0.15) is 32.3 Å². The summed E-state index contributed by atoms with van der Waals surface area (Å²) < 4.78 is 5.74. The Morgan fingerprint density at radius 2 is 1.42 bits per heavy atom. The standard InChI is InChI=1S/C26H32N2O3/c1-19-17-28(18-20(2)31-19)26(30)24-12-14-27(15-13-24)25(29)16-21-8-10-23(11-9-21)22-6-4-3-5-7-22/h3-11,19-20,24H,12-18H2,1-2H3/t19-,20+. The summed E-state index contributed by atoms with van der Waals surface area (Å²) >= 11 is 0. The van der Waals surface area contributed by atoms with Crippen LogP contribution in [0.3, 0.4) is 0 Å². The van der Waals surface area contributed by atoms with E-state index in [0.29, 0.717) is 32.6 Å². The lowest BCUT2D eigenvalue weighted by Gasteiger charge is -2.39. The van der Waals surface area contributed by atoms with E-state index >= 15 is 0 Å². The van der Waals surface area contributed by atoms with Crippen molar-refractivity contribution in [3.8, 4) is 11.1 Å². The molecule has 0 N–H and O–H groups in total. The Labute approximate surface area is 185 Å². The second-order valence-corrected chi connectivity index (χ2v) is 8.90. The van der Waals surface area contributed by atoms with Crippen molar-refractivity contribution in [2.75, 3.05) is 26.2 Å². The van der Waals surface area contributed by atoms with Gasteiger partial charge in [-0.25, -0.2) is 0 Å². The third kappa shape index (κ3) is 5.34. The van der Waals surface area contributed by atoms with Crippen molar-refractivity contribution in [2.45, 2.75) is 45.3 Å². The number of benzene rings is 2. The Morgan fingerprint density at radius 3 is 2.03 bits per heavy atom. The number of carbonyl (C=O) groups is 2. The Morgan fingerprint density at radius 1 is 0.839 bits per heavy atom. The zero-order valence-electron chi connectivity index (χ0n) is 18.5. The molecule has 2 heterocycles. The van der Waals surface area contributed by atoms with Gasteiger partial charge in [-0.1, -0.05) is 54.6 Å². The summed E-state index contributed by atoms with van der Waals surface area (Å²) in [6, 6.07) is 18.5.